The SMILES string of the molecule is CC1=c2c(C)cccc2=NC1=O. The first-order valence-electron chi connectivity index (χ1n) is 3.90. The molecule has 60 valence electrons. The van der Waals surface area contributed by atoms with Crippen molar-refractivity contribution in [2.45, 2.75) is 13.8 Å². The summed E-state index contributed by atoms with van der Waals surface area (Å²) < 4.78 is 0. The maximum atomic E-state index is 11.2. The van der Waals surface area contributed by atoms with Crippen LogP contribution in [0.3, 0.4) is 0 Å². The minimum Gasteiger partial charge on any atom is -0.267 e. The zero-order valence-corrected chi connectivity index (χ0v) is 7.09. The zero-order chi connectivity index (χ0) is 8.72. The lowest BCUT2D eigenvalue weighted by Gasteiger charge is -1.91. The van der Waals surface area contributed by atoms with Gasteiger partial charge < -0.3 is 0 Å². The lowest BCUT2D eigenvalue weighted by Crippen LogP contribution is -2.25. The lowest BCUT2D eigenvalue weighted by atomic mass is 10.1. The van der Waals surface area contributed by atoms with E-state index in [4.69, 9.17) is 0 Å². The first-order chi connectivity index (χ1) is 5.70. The molecule has 1 amide bonds. The number of amides is 1. The van der Waals surface area contributed by atoms with Crippen LogP contribution in [0.4, 0.5) is 0 Å². The Morgan fingerprint density at radius 1 is 1.25 bits per heavy atom. The van der Waals surface area contributed by atoms with E-state index in [1.807, 2.05) is 32.0 Å². The first-order valence-corrected chi connectivity index (χ1v) is 3.90. The summed E-state index contributed by atoms with van der Waals surface area (Å²) in [6, 6.07) is 5.79. The molecule has 0 saturated heterocycles. The summed E-state index contributed by atoms with van der Waals surface area (Å²) in [5.74, 6) is -0.0979. The molecule has 0 atom stereocenters. The number of hydrogen-bond acceptors (Lipinski definition) is 1. The Hall–Kier alpha value is -1.44. The lowest BCUT2D eigenvalue weighted by molar-refractivity contribution is -0.112. The molecule has 12 heavy (non-hydrogen) atoms. The summed E-state index contributed by atoms with van der Waals surface area (Å²) in [5.41, 5.74) is 1.89. The molecule has 0 radical (unpaired) electrons. The summed E-state index contributed by atoms with van der Waals surface area (Å²) in [5, 5.41) is 1.83. The van der Waals surface area contributed by atoms with Gasteiger partial charge >= 0.3 is 0 Å². The molecule has 0 bridgehead atoms. The van der Waals surface area contributed by atoms with Gasteiger partial charge in [0.1, 0.15) is 0 Å². The summed E-state index contributed by atoms with van der Waals surface area (Å²) in [4.78, 5) is 15.1. The smallest absolute Gasteiger partial charge is 0.267 e. The zero-order valence-electron chi connectivity index (χ0n) is 7.09. The van der Waals surface area contributed by atoms with Gasteiger partial charge in [0.15, 0.2) is 0 Å². The van der Waals surface area contributed by atoms with Crippen molar-refractivity contribution in [3.63, 3.8) is 0 Å². The van der Waals surface area contributed by atoms with Gasteiger partial charge in [-0.1, -0.05) is 12.1 Å². The molecule has 2 rings (SSSR count). The number of aryl methyl sites for hydroxylation is 1. The van der Waals surface area contributed by atoms with E-state index in [1.165, 1.54) is 0 Å². The number of carbonyl (C=O) groups is 1. The van der Waals surface area contributed by atoms with Crippen LogP contribution in [0.25, 0.3) is 5.57 Å². The number of benzene rings is 1. The molecule has 1 heterocycles. The molecule has 0 aliphatic carbocycles. The van der Waals surface area contributed by atoms with Gasteiger partial charge in [0, 0.05) is 10.8 Å². The third kappa shape index (κ3) is 0.811. The number of nitrogens with zero attached hydrogens (tertiary/aromatic N) is 1. The van der Waals surface area contributed by atoms with Crippen LogP contribution in [-0.2, 0) is 4.79 Å². The van der Waals surface area contributed by atoms with Crippen LogP contribution < -0.4 is 10.6 Å². The molecule has 0 unspecified atom stereocenters. The molecular weight excluding hydrogens is 150 g/mol. The van der Waals surface area contributed by atoms with Crippen LogP contribution in [0.2, 0.25) is 0 Å². The van der Waals surface area contributed by atoms with E-state index >= 15 is 0 Å². The van der Waals surface area contributed by atoms with Crippen molar-refractivity contribution < 1.29 is 4.79 Å². The van der Waals surface area contributed by atoms with Gasteiger partial charge in [0.25, 0.3) is 5.91 Å². The van der Waals surface area contributed by atoms with Crippen LogP contribution in [0, 0.1) is 6.92 Å². The van der Waals surface area contributed by atoms with Gasteiger partial charge in [-0.05, 0) is 25.5 Å². The highest BCUT2D eigenvalue weighted by atomic mass is 16.1. The first kappa shape index (κ1) is 7.22. The Kier molecular flexibility index (Phi) is 1.37. The van der Waals surface area contributed by atoms with E-state index in [9.17, 15) is 4.79 Å². The maximum absolute atomic E-state index is 11.2. The number of carbonyl (C=O) groups excluding carboxylic acids is 1. The second-order valence-corrected chi connectivity index (χ2v) is 3.01. The molecule has 0 spiro atoms. The molecular formula is C10H9NO. The Labute approximate surface area is 70.3 Å². The molecule has 1 aromatic carbocycles. The Bertz CT molecular complexity index is 471. The van der Waals surface area contributed by atoms with Crippen molar-refractivity contribution in [2.75, 3.05) is 0 Å². The van der Waals surface area contributed by atoms with Crippen molar-refractivity contribution in [2.24, 2.45) is 4.99 Å². The average molecular weight is 159 g/mol. The Morgan fingerprint density at radius 3 is 2.67 bits per heavy atom. The fourth-order valence-electron chi connectivity index (χ4n) is 1.53. The minimum atomic E-state index is -0.0979. The largest absolute Gasteiger partial charge is 0.273 e. The highest BCUT2D eigenvalue weighted by Crippen LogP contribution is 1.99. The van der Waals surface area contributed by atoms with Gasteiger partial charge in [0.05, 0.1) is 5.36 Å². The topological polar surface area (TPSA) is 29.4 Å². The Morgan fingerprint density at radius 2 is 2.00 bits per heavy atom. The number of rotatable bonds is 0. The average Bonchev–Trinajstić information content (AvgIpc) is 2.29. The highest BCUT2D eigenvalue weighted by molar-refractivity contribution is 6.14. The fraction of sp³-hybridized carbons (Fsp3) is 0.200. The second-order valence-electron chi connectivity index (χ2n) is 3.01. The van der Waals surface area contributed by atoms with E-state index in [-0.39, 0.29) is 5.91 Å². The molecule has 0 aromatic heterocycles. The fourth-order valence-corrected chi connectivity index (χ4v) is 1.53. The molecule has 2 heteroatoms. The van der Waals surface area contributed by atoms with Gasteiger partial charge in [-0.15, -0.1) is 0 Å². The number of fused-ring (bicyclic) bond motifs is 1. The van der Waals surface area contributed by atoms with Gasteiger partial charge in [-0.25, -0.2) is 4.99 Å². The molecule has 0 saturated carbocycles. The van der Waals surface area contributed by atoms with Crippen LogP contribution in [-0.4, -0.2) is 5.91 Å². The van der Waals surface area contributed by atoms with Crippen molar-refractivity contribution in [3.8, 4) is 0 Å². The van der Waals surface area contributed by atoms with E-state index < -0.39 is 0 Å². The molecule has 0 N–H and O–H groups in total. The van der Waals surface area contributed by atoms with E-state index in [0.29, 0.717) is 0 Å². The summed E-state index contributed by atoms with van der Waals surface area (Å²) in [6.45, 7) is 3.82. The van der Waals surface area contributed by atoms with Crippen LogP contribution in [0.1, 0.15) is 12.5 Å². The standard InChI is InChI=1S/C10H9NO/c1-6-4-3-5-8-9(6)7(2)10(12)11-8/h3-5H,1-2H3. The Balaban J connectivity index is 3.04. The number of hydrogen-bond donors (Lipinski definition) is 0. The van der Waals surface area contributed by atoms with Gasteiger partial charge in [-0.2, -0.15) is 0 Å². The summed E-state index contributed by atoms with van der Waals surface area (Å²) in [6.07, 6.45) is 0. The quantitative estimate of drug-likeness (QED) is 0.536. The van der Waals surface area contributed by atoms with Crippen molar-refractivity contribution in [3.05, 3.63) is 34.3 Å². The van der Waals surface area contributed by atoms with Gasteiger partial charge in [-0.3, -0.25) is 4.79 Å². The van der Waals surface area contributed by atoms with Crippen LogP contribution in [0.5, 0.6) is 0 Å². The monoisotopic (exact) mass is 159 g/mol. The van der Waals surface area contributed by atoms with Gasteiger partial charge in [0.2, 0.25) is 0 Å². The predicted molar refractivity (Wildman–Crippen MR) is 46.0 cm³/mol. The third-order valence-electron chi connectivity index (χ3n) is 2.17. The molecule has 1 aliphatic rings. The van der Waals surface area contributed by atoms with E-state index in [2.05, 4.69) is 4.99 Å². The molecule has 0 fully saturated rings. The maximum Gasteiger partial charge on any atom is 0.273 e. The van der Waals surface area contributed by atoms with Crippen LogP contribution in [0.15, 0.2) is 23.2 Å². The minimum absolute atomic E-state index is 0.0979. The summed E-state index contributed by atoms with van der Waals surface area (Å²) >= 11 is 0. The summed E-state index contributed by atoms with van der Waals surface area (Å²) in [7, 11) is 0. The van der Waals surface area contributed by atoms with E-state index in [0.717, 1.165) is 21.7 Å². The van der Waals surface area contributed by atoms with E-state index in [1.54, 1.807) is 0 Å². The normalized spacial score (nSPS) is 14.5. The second kappa shape index (κ2) is 2.27. The third-order valence-corrected chi connectivity index (χ3v) is 2.17. The molecule has 2 nitrogen and oxygen atoms in total. The highest BCUT2D eigenvalue weighted by Gasteiger charge is 2.11. The molecule has 1 aliphatic heterocycles. The van der Waals surface area contributed by atoms with Crippen LogP contribution >= 0.6 is 0 Å². The van der Waals surface area contributed by atoms with Crippen molar-refractivity contribution in [1.82, 2.24) is 0 Å². The van der Waals surface area contributed by atoms with Crippen molar-refractivity contribution >= 4 is 11.5 Å². The predicted octanol–water partition coefficient (Wildman–Crippen LogP) is 0.325. The van der Waals surface area contributed by atoms with Crippen molar-refractivity contribution in [1.29, 1.82) is 0 Å². The molecule has 1 aromatic rings.